The monoisotopic (exact) mass is 292 g/mol. The summed E-state index contributed by atoms with van der Waals surface area (Å²) in [4.78, 5) is 23.5. The molecule has 0 aliphatic carbocycles. The van der Waals surface area contributed by atoms with Crippen molar-refractivity contribution in [1.29, 1.82) is 0 Å². The summed E-state index contributed by atoms with van der Waals surface area (Å²) in [5.41, 5.74) is 1.19. The van der Waals surface area contributed by atoms with Gasteiger partial charge in [-0.1, -0.05) is 20.3 Å². The van der Waals surface area contributed by atoms with E-state index in [-0.39, 0.29) is 24.5 Å². The summed E-state index contributed by atoms with van der Waals surface area (Å²) in [6.45, 7) is 3.86. The fourth-order valence-electron chi connectivity index (χ4n) is 1.81. The van der Waals surface area contributed by atoms with Crippen molar-refractivity contribution in [3.8, 4) is 0 Å². The third kappa shape index (κ3) is 5.95. The number of nitrogens with one attached hydrogen (secondary N) is 2. The van der Waals surface area contributed by atoms with Gasteiger partial charge in [0.1, 0.15) is 0 Å². The summed E-state index contributed by atoms with van der Waals surface area (Å²) in [7, 11) is 0. The number of benzene rings is 1. The fraction of sp³-hybridized carbons (Fsp3) is 0.500. The molecule has 0 radical (unpaired) electrons. The van der Waals surface area contributed by atoms with Gasteiger partial charge in [-0.3, -0.25) is 9.59 Å². The highest BCUT2D eigenvalue weighted by Crippen LogP contribution is 2.11. The standard InChI is InChI=1S/C16H24N2O3/c1-3-5-6-15(20)17-14-9-7-12(8-10-14)16(21)18-13(4-2)11-19/h7-10,13,19H,3-6,11H2,1-2H3,(H,17,20)(H,18,21). The Balaban J connectivity index is 2.57. The predicted molar refractivity (Wildman–Crippen MR) is 83.2 cm³/mol. The maximum Gasteiger partial charge on any atom is 0.251 e. The van der Waals surface area contributed by atoms with Crippen molar-refractivity contribution in [2.24, 2.45) is 0 Å². The van der Waals surface area contributed by atoms with Crippen LogP contribution in [0.4, 0.5) is 5.69 Å². The Labute approximate surface area is 125 Å². The second-order valence-electron chi connectivity index (χ2n) is 4.99. The van der Waals surface area contributed by atoms with Crippen LogP contribution in [0.2, 0.25) is 0 Å². The molecular weight excluding hydrogens is 268 g/mol. The van der Waals surface area contributed by atoms with E-state index in [1.165, 1.54) is 0 Å². The van der Waals surface area contributed by atoms with Gasteiger partial charge in [0, 0.05) is 17.7 Å². The number of rotatable bonds is 8. The van der Waals surface area contributed by atoms with E-state index in [0.29, 0.717) is 24.1 Å². The van der Waals surface area contributed by atoms with Crippen molar-refractivity contribution in [1.82, 2.24) is 5.32 Å². The second-order valence-corrected chi connectivity index (χ2v) is 4.99. The fourth-order valence-corrected chi connectivity index (χ4v) is 1.81. The van der Waals surface area contributed by atoms with Gasteiger partial charge in [-0.2, -0.15) is 0 Å². The van der Waals surface area contributed by atoms with Crippen LogP contribution >= 0.6 is 0 Å². The van der Waals surface area contributed by atoms with E-state index >= 15 is 0 Å². The maximum absolute atomic E-state index is 11.9. The SMILES string of the molecule is CCCCC(=O)Nc1ccc(C(=O)NC(CC)CO)cc1. The van der Waals surface area contributed by atoms with Crippen LogP contribution in [0.5, 0.6) is 0 Å². The molecule has 0 aromatic heterocycles. The molecule has 116 valence electrons. The van der Waals surface area contributed by atoms with Crippen LogP contribution in [-0.2, 0) is 4.79 Å². The Morgan fingerprint density at radius 2 is 1.86 bits per heavy atom. The van der Waals surface area contributed by atoms with Gasteiger partial charge in [0.2, 0.25) is 5.91 Å². The van der Waals surface area contributed by atoms with Crippen molar-refractivity contribution >= 4 is 17.5 Å². The molecule has 5 heteroatoms. The Morgan fingerprint density at radius 1 is 1.19 bits per heavy atom. The molecule has 1 aromatic rings. The highest BCUT2D eigenvalue weighted by Gasteiger charge is 2.11. The average molecular weight is 292 g/mol. The normalized spacial score (nSPS) is 11.8. The minimum absolute atomic E-state index is 0.0135. The number of carbonyl (C=O) groups excluding carboxylic acids is 2. The largest absolute Gasteiger partial charge is 0.394 e. The van der Waals surface area contributed by atoms with E-state index in [9.17, 15) is 9.59 Å². The molecule has 0 saturated heterocycles. The van der Waals surface area contributed by atoms with Gasteiger partial charge >= 0.3 is 0 Å². The van der Waals surface area contributed by atoms with Crippen molar-refractivity contribution in [2.75, 3.05) is 11.9 Å². The van der Waals surface area contributed by atoms with E-state index in [1.54, 1.807) is 24.3 Å². The van der Waals surface area contributed by atoms with Gasteiger partial charge in [0.15, 0.2) is 0 Å². The number of aliphatic hydroxyl groups excluding tert-OH is 1. The molecule has 5 nitrogen and oxygen atoms in total. The van der Waals surface area contributed by atoms with Gasteiger partial charge in [-0.05, 0) is 37.1 Å². The molecule has 1 aromatic carbocycles. The Kier molecular flexibility index (Phi) is 7.46. The first kappa shape index (κ1) is 17.2. The Morgan fingerprint density at radius 3 is 2.38 bits per heavy atom. The van der Waals surface area contributed by atoms with Crippen LogP contribution in [0.3, 0.4) is 0 Å². The minimum Gasteiger partial charge on any atom is -0.394 e. The van der Waals surface area contributed by atoms with E-state index in [2.05, 4.69) is 10.6 Å². The molecule has 1 unspecified atom stereocenters. The molecule has 1 rings (SSSR count). The van der Waals surface area contributed by atoms with Crippen molar-refractivity contribution < 1.29 is 14.7 Å². The van der Waals surface area contributed by atoms with E-state index in [0.717, 1.165) is 12.8 Å². The quantitative estimate of drug-likeness (QED) is 0.688. The molecule has 0 bridgehead atoms. The van der Waals surface area contributed by atoms with Gasteiger partial charge in [-0.25, -0.2) is 0 Å². The molecule has 0 heterocycles. The van der Waals surface area contributed by atoms with Crippen molar-refractivity contribution in [3.63, 3.8) is 0 Å². The molecule has 3 N–H and O–H groups in total. The first-order valence-electron chi connectivity index (χ1n) is 7.42. The highest BCUT2D eigenvalue weighted by atomic mass is 16.3. The van der Waals surface area contributed by atoms with Gasteiger partial charge < -0.3 is 15.7 Å². The molecule has 0 aliphatic rings. The number of aliphatic hydroxyl groups is 1. The molecular formula is C16H24N2O3. The number of unbranched alkanes of at least 4 members (excludes halogenated alkanes) is 1. The lowest BCUT2D eigenvalue weighted by Gasteiger charge is -2.14. The van der Waals surface area contributed by atoms with Crippen LogP contribution in [0.25, 0.3) is 0 Å². The second kappa shape index (κ2) is 9.13. The number of amides is 2. The smallest absolute Gasteiger partial charge is 0.251 e. The van der Waals surface area contributed by atoms with Gasteiger partial charge in [0.05, 0.1) is 12.6 Å². The zero-order valence-corrected chi connectivity index (χ0v) is 12.7. The summed E-state index contributed by atoms with van der Waals surface area (Å²) < 4.78 is 0. The summed E-state index contributed by atoms with van der Waals surface area (Å²) in [6.07, 6.45) is 3.03. The molecule has 0 saturated carbocycles. The minimum atomic E-state index is -0.231. The summed E-state index contributed by atoms with van der Waals surface area (Å²) in [6, 6.07) is 6.51. The number of anilines is 1. The first-order chi connectivity index (χ1) is 10.1. The van der Waals surface area contributed by atoms with E-state index in [1.807, 2.05) is 13.8 Å². The zero-order valence-electron chi connectivity index (χ0n) is 12.7. The Hall–Kier alpha value is -1.88. The van der Waals surface area contributed by atoms with Crippen molar-refractivity contribution in [2.45, 2.75) is 45.6 Å². The lowest BCUT2D eigenvalue weighted by atomic mass is 10.1. The summed E-state index contributed by atoms with van der Waals surface area (Å²) >= 11 is 0. The maximum atomic E-state index is 11.9. The third-order valence-corrected chi connectivity index (χ3v) is 3.24. The van der Waals surface area contributed by atoms with Crippen molar-refractivity contribution in [3.05, 3.63) is 29.8 Å². The number of hydrogen-bond acceptors (Lipinski definition) is 3. The van der Waals surface area contributed by atoms with Crippen LogP contribution in [0, 0.1) is 0 Å². The lowest BCUT2D eigenvalue weighted by molar-refractivity contribution is -0.116. The highest BCUT2D eigenvalue weighted by molar-refractivity contribution is 5.95. The van der Waals surface area contributed by atoms with Gasteiger partial charge in [0.25, 0.3) is 5.91 Å². The van der Waals surface area contributed by atoms with Crippen LogP contribution in [-0.4, -0.2) is 29.6 Å². The summed E-state index contributed by atoms with van der Waals surface area (Å²) in [5.74, 6) is -0.236. The van der Waals surface area contributed by atoms with Gasteiger partial charge in [-0.15, -0.1) is 0 Å². The lowest BCUT2D eigenvalue weighted by Crippen LogP contribution is -2.36. The number of carbonyl (C=O) groups is 2. The van der Waals surface area contributed by atoms with Crippen LogP contribution in [0.15, 0.2) is 24.3 Å². The predicted octanol–water partition coefficient (Wildman–Crippen LogP) is 2.32. The Bertz CT molecular complexity index is 453. The van der Waals surface area contributed by atoms with Crippen LogP contribution in [0.1, 0.15) is 49.9 Å². The summed E-state index contributed by atoms with van der Waals surface area (Å²) in [5, 5.41) is 14.6. The molecule has 0 spiro atoms. The van der Waals surface area contributed by atoms with E-state index in [4.69, 9.17) is 5.11 Å². The molecule has 1 atom stereocenters. The molecule has 21 heavy (non-hydrogen) atoms. The van der Waals surface area contributed by atoms with E-state index < -0.39 is 0 Å². The first-order valence-corrected chi connectivity index (χ1v) is 7.42. The molecule has 2 amide bonds. The van der Waals surface area contributed by atoms with Crippen LogP contribution < -0.4 is 10.6 Å². The average Bonchev–Trinajstić information content (AvgIpc) is 2.51. The molecule has 0 aliphatic heterocycles. The third-order valence-electron chi connectivity index (χ3n) is 3.24. The topological polar surface area (TPSA) is 78.4 Å². The number of hydrogen-bond donors (Lipinski definition) is 3. The zero-order chi connectivity index (χ0) is 15.7. The molecule has 0 fully saturated rings.